The second-order valence-corrected chi connectivity index (χ2v) is 6.73. The fourth-order valence-electron chi connectivity index (χ4n) is 3.27. The quantitative estimate of drug-likeness (QED) is 0.353. The highest BCUT2D eigenvalue weighted by Gasteiger charge is 2.05. The molecule has 2 aromatic heterocycles. The fourth-order valence-corrected chi connectivity index (χ4v) is 3.27. The third kappa shape index (κ3) is 4.96. The molecule has 0 fully saturated rings. The van der Waals surface area contributed by atoms with Crippen molar-refractivity contribution >= 4 is 27.5 Å². The van der Waals surface area contributed by atoms with Gasteiger partial charge in [-0.15, -0.1) is 0 Å². The van der Waals surface area contributed by atoms with E-state index >= 15 is 0 Å². The highest BCUT2D eigenvalue weighted by molar-refractivity contribution is 5.78. The maximum absolute atomic E-state index is 4.18. The Hall–Kier alpha value is -3.72. The topological polar surface area (TPSA) is 37.8 Å². The number of fused-ring (bicyclic) bond motifs is 3. The maximum atomic E-state index is 4.18. The summed E-state index contributed by atoms with van der Waals surface area (Å²) in [5.74, 6) is 0. The molecule has 3 nitrogen and oxygen atoms in total. The van der Waals surface area contributed by atoms with Gasteiger partial charge < -0.3 is 5.32 Å². The molecule has 0 amide bonds. The molecule has 3 heterocycles. The Balaban J connectivity index is 0.000000106. The lowest BCUT2D eigenvalue weighted by atomic mass is 10.2. The van der Waals surface area contributed by atoms with Crippen molar-refractivity contribution in [3.8, 4) is 0 Å². The molecule has 0 bridgehead atoms. The molecule has 1 N–H and O–H groups in total. The van der Waals surface area contributed by atoms with Crippen molar-refractivity contribution in [2.45, 2.75) is 6.42 Å². The summed E-state index contributed by atoms with van der Waals surface area (Å²) in [6, 6.07) is 32.6. The summed E-state index contributed by atoms with van der Waals surface area (Å²) in [7, 11) is 0. The molecule has 0 atom stereocenters. The molecular weight excluding hydrogens is 354 g/mol. The van der Waals surface area contributed by atoms with Crippen LogP contribution in [0.2, 0.25) is 0 Å². The Morgan fingerprint density at radius 2 is 1.07 bits per heavy atom. The van der Waals surface area contributed by atoms with Crippen LogP contribution in [0.3, 0.4) is 0 Å². The molecule has 3 aromatic carbocycles. The van der Waals surface area contributed by atoms with Gasteiger partial charge in [0.2, 0.25) is 0 Å². The lowest BCUT2D eigenvalue weighted by Gasteiger charge is -1.94. The van der Waals surface area contributed by atoms with Gasteiger partial charge in [0.05, 0.1) is 11.0 Å². The summed E-state index contributed by atoms with van der Waals surface area (Å²) >= 11 is 0. The van der Waals surface area contributed by atoms with Crippen molar-refractivity contribution in [2.75, 3.05) is 11.9 Å². The van der Waals surface area contributed by atoms with E-state index in [2.05, 4.69) is 63.8 Å². The van der Waals surface area contributed by atoms with Crippen molar-refractivity contribution in [3.63, 3.8) is 0 Å². The van der Waals surface area contributed by atoms with E-state index in [1.807, 2.05) is 60.9 Å². The van der Waals surface area contributed by atoms with E-state index in [1.165, 1.54) is 28.4 Å². The van der Waals surface area contributed by atoms with Crippen LogP contribution in [0.1, 0.15) is 5.56 Å². The molecule has 29 heavy (non-hydrogen) atoms. The van der Waals surface area contributed by atoms with E-state index in [1.54, 1.807) is 0 Å². The molecule has 1 aliphatic heterocycles. The Bertz CT molecular complexity index is 975. The average molecular weight is 377 g/mol. The van der Waals surface area contributed by atoms with Crippen LogP contribution in [0, 0.1) is 0 Å². The first kappa shape index (κ1) is 18.6. The minimum absolute atomic E-state index is 1.06. The summed E-state index contributed by atoms with van der Waals surface area (Å²) in [4.78, 5) is 8.36. The number of pyridine rings is 2. The first-order valence-corrected chi connectivity index (χ1v) is 9.81. The number of nitrogens with one attached hydrogen (secondary N) is 1. The van der Waals surface area contributed by atoms with Gasteiger partial charge in [-0.05, 0) is 42.3 Å². The van der Waals surface area contributed by atoms with Gasteiger partial charge in [-0.2, -0.15) is 0 Å². The van der Waals surface area contributed by atoms with Crippen LogP contribution in [0.25, 0.3) is 21.8 Å². The third-order valence-corrected chi connectivity index (χ3v) is 4.75. The molecule has 0 saturated heterocycles. The normalized spacial score (nSPS) is 11.4. The summed E-state index contributed by atoms with van der Waals surface area (Å²) in [6.45, 7) is 1.11. The Morgan fingerprint density at radius 3 is 1.66 bits per heavy atom. The number of para-hydroxylation sites is 3. The molecule has 6 rings (SSSR count). The first-order chi connectivity index (χ1) is 14.4. The minimum atomic E-state index is 1.06. The van der Waals surface area contributed by atoms with Crippen molar-refractivity contribution in [2.24, 2.45) is 0 Å². The molecule has 0 saturated carbocycles. The van der Waals surface area contributed by atoms with Crippen molar-refractivity contribution in [1.29, 1.82) is 0 Å². The summed E-state index contributed by atoms with van der Waals surface area (Å²) in [5.41, 5.74) is 4.89. The zero-order valence-corrected chi connectivity index (χ0v) is 16.2. The predicted octanol–water partition coefficient (Wildman–Crippen LogP) is 6.12. The van der Waals surface area contributed by atoms with Crippen molar-refractivity contribution in [3.05, 3.63) is 115 Å². The Kier molecular flexibility index (Phi) is 6.08. The van der Waals surface area contributed by atoms with E-state index < -0.39 is 0 Å². The largest absolute Gasteiger partial charge is 0.384 e. The molecule has 0 radical (unpaired) electrons. The molecule has 0 aliphatic carbocycles. The van der Waals surface area contributed by atoms with Crippen molar-refractivity contribution < 1.29 is 0 Å². The van der Waals surface area contributed by atoms with Gasteiger partial charge in [0.25, 0.3) is 0 Å². The molecule has 5 aromatic rings. The minimum Gasteiger partial charge on any atom is -0.384 e. The summed E-state index contributed by atoms with van der Waals surface area (Å²) < 4.78 is 0. The lowest BCUT2D eigenvalue weighted by Crippen LogP contribution is -1.90. The van der Waals surface area contributed by atoms with Gasteiger partial charge in [0, 0.05) is 35.4 Å². The van der Waals surface area contributed by atoms with Crippen LogP contribution in [0.15, 0.2) is 109 Å². The molecule has 1 aliphatic rings. The van der Waals surface area contributed by atoms with E-state index in [-0.39, 0.29) is 0 Å². The highest BCUT2D eigenvalue weighted by atomic mass is 14.9. The van der Waals surface area contributed by atoms with Crippen LogP contribution < -0.4 is 5.32 Å². The van der Waals surface area contributed by atoms with E-state index in [9.17, 15) is 0 Å². The zero-order valence-electron chi connectivity index (χ0n) is 16.2. The number of hydrogen-bond acceptors (Lipinski definition) is 3. The van der Waals surface area contributed by atoms with E-state index in [4.69, 9.17) is 0 Å². The number of benzene rings is 3. The number of rotatable bonds is 0. The van der Waals surface area contributed by atoms with Gasteiger partial charge in [-0.3, -0.25) is 9.97 Å². The Labute approximate surface area is 171 Å². The first-order valence-electron chi connectivity index (χ1n) is 9.81. The van der Waals surface area contributed by atoms with Gasteiger partial charge >= 0.3 is 0 Å². The monoisotopic (exact) mass is 377 g/mol. The van der Waals surface area contributed by atoms with E-state index in [0.29, 0.717) is 0 Å². The Morgan fingerprint density at radius 1 is 0.552 bits per heavy atom. The molecule has 142 valence electrons. The van der Waals surface area contributed by atoms with Crippen LogP contribution in [0.5, 0.6) is 0 Å². The molecule has 0 unspecified atom stereocenters. The standard InChI is InChI=1S/2C9H7N.C8H9N/c2*1-2-6-9-8(4-1)5-3-7-10-9;1-2-4-8-7(3-1)5-6-9-8/h2*1-7H;1-4,9H,5-6H2. The number of nitrogens with zero attached hydrogens (tertiary/aromatic N) is 2. The molecule has 0 spiro atoms. The summed E-state index contributed by atoms with van der Waals surface area (Å²) in [6.07, 6.45) is 4.81. The van der Waals surface area contributed by atoms with Gasteiger partial charge in [-0.25, -0.2) is 0 Å². The number of hydrogen-bond donors (Lipinski definition) is 1. The lowest BCUT2D eigenvalue weighted by molar-refractivity contribution is 1.11. The van der Waals surface area contributed by atoms with Crippen molar-refractivity contribution in [1.82, 2.24) is 9.97 Å². The van der Waals surface area contributed by atoms with Crippen LogP contribution >= 0.6 is 0 Å². The smallest absolute Gasteiger partial charge is 0.0701 e. The maximum Gasteiger partial charge on any atom is 0.0701 e. The SMILES string of the molecule is c1ccc2c(c1)CCN2.c1ccc2ncccc2c1.c1ccc2ncccc2c1. The van der Waals surface area contributed by atoms with E-state index in [0.717, 1.165) is 17.6 Å². The second kappa shape index (κ2) is 9.47. The number of anilines is 1. The second-order valence-electron chi connectivity index (χ2n) is 6.73. The highest BCUT2D eigenvalue weighted by Crippen LogP contribution is 2.20. The van der Waals surface area contributed by atoms with Gasteiger partial charge in [0.1, 0.15) is 0 Å². The average Bonchev–Trinajstić information content (AvgIpc) is 3.29. The van der Waals surface area contributed by atoms with Gasteiger partial charge in [-0.1, -0.05) is 66.7 Å². The third-order valence-electron chi connectivity index (χ3n) is 4.75. The zero-order chi connectivity index (χ0) is 19.7. The van der Waals surface area contributed by atoms with Crippen LogP contribution in [0.4, 0.5) is 5.69 Å². The van der Waals surface area contributed by atoms with Crippen LogP contribution in [-0.2, 0) is 6.42 Å². The van der Waals surface area contributed by atoms with Gasteiger partial charge in [0.15, 0.2) is 0 Å². The molecule has 3 heteroatoms. The molecular formula is C26H23N3. The summed E-state index contributed by atoms with van der Waals surface area (Å²) in [5, 5.41) is 5.70. The van der Waals surface area contributed by atoms with Crippen LogP contribution in [-0.4, -0.2) is 16.5 Å². The number of aromatic nitrogens is 2. The fraction of sp³-hybridized carbons (Fsp3) is 0.0769. The predicted molar refractivity (Wildman–Crippen MR) is 122 cm³/mol.